The van der Waals surface area contributed by atoms with Crippen LogP contribution in [0.15, 0.2) is 40.7 Å². The van der Waals surface area contributed by atoms with Crippen LogP contribution < -0.4 is 0 Å². The minimum Gasteiger partial charge on any atom is -0.374 e. The molecule has 0 aromatic heterocycles. The van der Waals surface area contributed by atoms with Crippen LogP contribution in [0.2, 0.25) is 0 Å². The largest absolute Gasteiger partial charge is 0.374 e. The van der Waals surface area contributed by atoms with Gasteiger partial charge in [0, 0.05) is 25.0 Å². The first-order valence-electron chi connectivity index (χ1n) is 5.33. The zero-order valence-corrected chi connectivity index (χ0v) is 8.19. The first-order chi connectivity index (χ1) is 6.95. The number of hydrogen-bond donors (Lipinski definition) is 0. The molecular formula is C12H14N2. The van der Waals surface area contributed by atoms with Gasteiger partial charge >= 0.3 is 0 Å². The van der Waals surface area contributed by atoms with Crippen LogP contribution in [0.4, 0.5) is 0 Å². The molecule has 0 amide bonds. The number of aliphatic imine (C=N–C) groups is 1. The van der Waals surface area contributed by atoms with Gasteiger partial charge in [-0.05, 0) is 25.0 Å². The summed E-state index contributed by atoms with van der Waals surface area (Å²) in [4.78, 5) is 6.88. The Balaban J connectivity index is 1.91. The molecule has 2 nitrogen and oxygen atoms in total. The molecule has 72 valence electrons. The molecule has 2 heterocycles. The van der Waals surface area contributed by atoms with Gasteiger partial charge < -0.3 is 4.90 Å². The molecule has 1 fully saturated rings. The molecule has 1 unspecified atom stereocenters. The highest BCUT2D eigenvalue weighted by molar-refractivity contribution is 5.76. The molecule has 0 N–H and O–H groups in total. The van der Waals surface area contributed by atoms with E-state index in [0.29, 0.717) is 5.92 Å². The van der Waals surface area contributed by atoms with E-state index in [1.807, 2.05) is 6.21 Å². The zero-order valence-electron chi connectivity index (χ0n) is 8.19. The third-order valence-corrected chi connectivity index (χ3v) is 3.15. The summed E-state index contributed by atoms with van der Waals surface area (Å²) in [7, 11) is 0. The second-order valence-corrected chi connectivity index (χ2v) is 4.02. The maximum atomic E-state index is 4.38. The molecule has 1 atom stereocenters. The minimum absolute atomic E-state index is 0.443. The fraction of sp³-hybridized carbons (Fsp3) is 0.417. The van der Waals surface area contributed by atoms with Crippen molar-refractivity contribution in [3.63, 3.8) is 0 Å². The normalized spacial score (nSPS) is 29.1. The van der Waals surface area contributed by atoms with Gasteiger partial charge in [-0.1, -0.05) is 12.2 Å². The lowest BCUT2D eigenvalue weighted by Crippen LogP contribution is -2.25. The second kappa shape index (κ2) is 3.12. The van der Waals surface area contributed by atoms with Gasteiger partial charge in [-0.3, -0.25) is 4.99 Å². The molecule has 0 radical (unpaired) electrons. The first-order valence-corrected chi connectivity index (χ1v) is 5.33. The minimum atomic E-state index is 0.443. The molecule has 0 bridgehead atoms. The molecule has 1 saturated heterocycles. The average Bonchev–Trinajstić information content (AvgIpc) is 2.88. The Morgan fingerprint density at radius 2 is 2.07 bits per heavy atom. The van der Waals surface area contributed by atoms with Crippen molar-refractivity contribution in [3.8, 4) is 0 Å². The van der Waals surface area contributed by atoms with Crippen LogP contribution in [0.1, 0.15) is 12.8 Å². The summed E-state index contributed by atoms with van der Waals surface area (Å²) < 4.78 is 0. The Labute approximate surface area is 84.3 Å². The predicted octanol–water partition coefficient (Wildman–Crippen LogP) is 2.12. The third kappa shape index (κ3) is 1.14. The second-order valence-electron chi connectivity index (χ2n) is 4.02. The molecule has 0 spiro atoms. The van der Waals surface area contributed by atoms with E-state index in [-0.39, 0.29) is 0 Å². The fourth-order valence-corrected chi connectivity index (χ4v) is 2.42. The summed E-state index contributed by atoms with van der Waals surface area (Å²) in [6.45, 7) is 2.44. The quantitative estimate of drug-likeness (QED) is 0.612. The summed E-state index contributed by atoms with van der Waals surface area (Å²) in [5.41, 5.74) is 2.65. The summed E-state index contributed by atoms with van der Waals surface area (Å²) >= 11 is 0. The molecule has 0 aromatic rings. The van der Waals surface area contributed by atoms with Crippen LogP contribution in [0.3, 0.4) is 0 Å². The van der Waals surface area contributed by atoms with Gasteiger partial charge in [-0.15, -0.1) is 0 Å². The van der Waals surface area contributed by atoms with Crippen molar-refractivity contribution < 1.29 is 0 Å². The Kier molecular flexibility index (Phi) is 1.79. The van der Waals surface area contributed by atoms with Gasteiger partial charge in [0.15, 0.2) is 0 Å². The Hall–Kier alpha value is -1.31. The number of dihydropyridines is 1. The van der Waals surface area contributed by atoms with E-state index in [1.165, 1.54) is 37.3 Å². The van der Waals surface area contributed by atoms with Crippen LogP contribution >= 0.6 is 0 Å². The van der Waals surface area contributed by atoms with Gasteiger partial charge in [-0.25, -0.2) is 0 Å². The standard InChI is InChI=1S/C12H14N2/c1-2-9-14(8-1)12-6-7-13-11-5-3-4-10(11)12/h3-7,10H,1-2,8-9H2. The molecule has 1 aliphatic carbocycles. The predicted molar refractivity (Wildman–Crippen MR) is 58.1 cm³/mol. The van der Waals surface area contributed by atoms with Crippen molar-refractivity contribution in [2.24, 2.45) is 10.9 Å². The van der Waals surface area contributed by atoms with E-state index in [1.54, 1.807) is 0 Å². The molecule has 0 saturated carbocycles. The number of nitrogens with zero attached hydrogens (tertiary/aromatic N) is 2. The van der Waals surface area contributed by atoms with E-state index in [2.05, 4.69) is 34.2 Å². The van der Waals surface area contributed by atoms with Crippen LogP contribution in [0, 0.1) is 5.92 Å². The Morgan fingerprint density at radius 1 is 1.21 bits per heavy atom. The maximum absolute atomic E-state index is 4.38. The van der Waals surface area contributed by atoms with E-state index in [4.69, 9.17) is 0 Å². The van der Waals surface area contributed by atoms with Gasteiger partial charge in [0.05, 0.1) is 11.6 Å². The first kappa shape index (κ1) is 8.04. The van der Waals surface area contributed by atoms with Crippen molar-refractivity contribution in [1.29, 1.82) is 0 Å². The number of allylic oxidation sites excluding steroid dienone is 3. The van der Waals surface area contributed by atoms with Gasteiger partial charge in [0.2, 0.25) is 0 Å². The number of fused-ring (bicyclic) bond motifs is 1. The van der Waals surface area contributed by atoms with E-state index in [0.717, 1.165) is 0 Å². The van der Waals surface area contributed by atoms with E-state index >= 15 is 0 Å². The van der Waals surface area contributed by atoms with Crippen molar-refractivity contribution in [1.82, 2.24) is 4.90 Å². The van der Waals surface area contributed by atoms with E-state index in [9.17, 15) is 0 Å². The lowest BCUT2D eigenvalue weighted by atomic mass is 10.0. The summed E-state index contributed by atoms with van der Waals surface area (Å²) in [6, 6.07) is 0. The Morgan fingerprint density at radius 3 is 2.93 bits per heavy atom. The fourth-order valence-electron chi connectivity index (χ4n) is 2.42. The van der Waals surface area contributed by atoms with Gasteiger partial charge in [-0.2, -0.15) is 0 Å². The summed E-state index contributed by atoms with van der Waals surface area (Å²) in [5.74, 6) is 0.443. The highest BCUT2D eigenvalue weighted by Gasteiger charge is 2.26. The maximum Gasteiger partial charge on any atom is 0.0596 e. The third-order valence-electron chi connectivity index (χ3n) is 3.15. The number of likely N-dealkylation sites (tertiary alicyclic amines) is 1. The summed E-state index contributed by atoms with van der Waals surface area (Å²) in [5, 5.41) is 0. The zero-order chi connectivity index (χ0) is 9.38. The monoisotopic (exact) mass is 186 g/mol. The molecule has 2 aliphatic heterocycles. The van der Waals surface area contributed by atoms with Crippen LogP contribution in [-0.4, -0.2) is 24.2 Å². The van der Waals surface area contributed by atoms with Crippen LogP contribution in [0.25, 0.3) is 0 Å². The van der Waals surface area contributed by atoms with E-state index < -0.39 is 0 Å². The molecule has 2 heteroatoms. The highest BCUT2D eigenvalue weighted by Crippen LogP contribution is 2.33. The lowest BCUT2D eigenvalue weighted by Gasteiger charge is -2.27. The smallest absolute Gasteiger partial charge is 0.0596 e. The molecule has 3 rings (SSSR count). The van der Waals surface area contributed by atoms with Crippen molar-refractivity contribution in [3.05, 3.63) is 35.7 Å². The van der Waals surface area contributed by atoms with Crippen molar-refractivity contribution in [2.45, 2.75) is 12.8 Å². The van der Waals surface area contributed by atoms with Crippen LogP contribution in [0.5, 0.6) is 0 Å². The van der Waals surface area contributed by atoms with Crippen molar-refractivity contribution in [2.75, 3.05) is 13.1 Å². The Bertz CT molecular complexity index is 355. The lowest BCUT2D eigenvalue weighted by molar-refractivity contribution is 0.396. The summed E-state index contributed by atoms with van der Waals surface area (Å²) in [6.07, 6.45) is 13.3. The topological polar surface area (TPSA) is 15.6 Å². The van der Waals surface area contributed by atoms with Gasteiger partial charge in [0.25, 0.3) is 0 Å². The average molecular weight is 186 g/mol. The molecule has 0 aromatic carbocycles. The molecular weight excluding hydrogens is 172 g/mol. The van der Waals surface area contributed by atoms with Gasteiger partial charge in [0.1, 0.15) is 0 Å². The van der Waals surface area contributed by atoms with Crippen LogP contribution in [-0.2, 0) is 0 Å². The van der Waals surface area contributed by atoms with Crippen molar-refractivity contribution >= 4 is 6.21 Å². The molecule has 14 heavy (non-hydrogen) atoms. The highest BCUT2D eigenvalue weighted by atomic mass is 15.2. The molecule has 3 aliphatic rings. The number of hydrogen-bond acceptors (Lipinski definition) is 2. The SMILES string of the molecule is C1=CC2C(=C1)N=CC=C2N1CCCC1. The number of rotatable bonds is 1.